The third kappa shape index (κ3) is 3.82. The molecule has 1 aromatic carbocycles. The van der Waals surface area contributed by atoms with Gasteiger partial charge in [-0.25, -0.2) is 13.6 Å². The molecule has 1 aliphatic rings. The van der Waals surface area contributed by atoms with Crippen molar-refractivity contribution < 1.29 is 17.9 Å². The fourth-order valence-corrected chi connectivity index (χ4v) is 2.95. The summed E-state index contributed by atoms with van der Waals surface area (Å²) in [5, 5.41) is 5.43. The van der Waals surface area contributed by atoms with Gasteiger partial charge in [0.1, 0.15) is 17.3 Å². The van der Waals surface area contributed by atoms with Crippen molar-refractivity contribution in [1.29, 1.82) is 0 Å². The van der Waals surface area contributed by atoms with Crippen LogP contribution in [0.5, 0.6) is 5.75 Å². The molecule has 19 heavy (non-hydrogen) atoms. The summed E-state index contributed by atoms with van der Waals surface area (Å²) >= 11 is 5.77. The third-order valence-corrected chi connectivity index (χ3v) is 4.12. The van der Waals surface area contributed by atoms with Crippen LogP contribution in [0.4, 0.5) is 0 Å². The van der Waals surface area contributed by atoms with Gasteiger partial charge in [-0.15, -0.1) is 0 Å². The summed E-state index contributed by atoms with van der Waals surface area (Å²) in [6, 6.07) is 4.34. The smallest absolute Gasteiger partial charge is 0.241 e. The lowest BCUT2D eigenvalue weighted by Crippen LogP contribution is -2.20. The average molecular weight is 306 g/mol. The first-order valence-electron chi connectivity index (χ1n) is 5.97. The first kappa shape index (κ1) is 14.6. The summed E-state index contributed by atoms with van der Waals surface area (Å²) in [4.78, 5) is -0.106. The zero-order chi connectivity index (χ0) is 14.0. The first-order valence-corrected chi connectivity index (χ1v) is 7.89. The monoisotopic (exact) mass is 305 g/mol. The van der Waals surface area contributed by atoms with Crippen molar-refractivity contribution in [2.24, 2.45) is 5.14 Å². The van der Waals surface area contributed by atoms with Crippen LogP contribution >= 0.6 is 11.6 Å². The number of primary sulfonamides is 1. The molecule has 1 aromatic rings. The van der Waals surface area contributed by atoms with E-state index < -0.39 is 10.0 Å². The Kier molecular flexibility index (Phi) is 4.35. The second-order valence-corrected chi connectivity index (χ2v) is 6.56. The molecule has 1 aliphatic heterocycles. The standard InChI is InChI=1S/C12H16ClNO4S/c1-8-2-4-10(18-8)7-17-11-5-3-9(13)6-12(11)19(14,15)16/h3,5-6,8,10H,2,4,7H2,1H3,(H2,14,15,16). The molecular weight excluding hydrogens is 290 g/mol. The highest BCUT2D eigenvalue weighted by atomic mass is 35.5. The van der Waals surface area contributed by atoms with Gasteiger partial charge in [-0.2, -0.15) is 0 Å². The van der Waals surface area contributed by atoms with E-state index in [-0.39, 0.29) is 22.9 Å². The lowest BCUT2D eigenvalue weighted by Gasteiger charge is -2.14. The molecule has 0 aromatic heterocycles. The Hall–Kier alpha value is -0.820. The molecule has 2 rings (SSSR count). The van der Waals surface area contributed by atoms with Gasteiger partial charge in [0.15, 0.2) is 0 Å². The second-order valence-electron chi connectivity index (χ2n) is 4.59. The van der Waals surface area contributed by atoms with Crippen LogP contribution in [-0.4, -0.2) is 27.2 Å². The first-order chi connectivity index (χ1) is 8.86. The summed E-state index contributed by atoms with van der Waals surface area (Å²) in [5.41, 5.74) is 0. The van der Waals surface area contributed by atoms with Gasteiger partial charge in [0, 0.05) is 5.02 Å². The molecule has 0 spiro atoms. The second kappa shape index (κ2) is 5.66. The summed E-state index contributed by atoms with van der Waals surface area (Å²) in [6.45, 7) is 2.30. The molecule has 2 atom stereocenters. The average Bonchev–Trinajstić information content (AvgIpc) is 2.72. The van der Waals surface area contributed by atoms with Crippen LogP contribution in [0, 0.1) is 0 Å². The van der Waals surface area contributed by atoms with Crippen LogP contribution in [0.1, 0.15) is 19.8 Å². The van der Waals surface area contributed by atoms with E-state index in [9.17, 15) is 8.42 Å². The van der Waals surface area contributed by atoms with Crippen molar-refractivity contribution >= 4 is 21.6 Å². The summed E-state index contributed by atoms with van der Waals surface area (Å²) in [7, 11) is -3.86. The number of hydrogen-bond donors (Lipinski definition) is 1. The summed E-state index contributed by atoms with van der Waals surface area (Å²) < 4.78 is 34.0. The summed E-state index contributed by atoms with van der Waals surface area (Å²) in [6.07, 6.45) is 2.09. The topological polar surface area (TPSA) is 78.6 Å². The number of sulfonamides is 1. The minimum atomic E-state index is -3.86. The molecule has 5 nitrogen and oxygen atoms in total. The quantitative estimate of drug-likeness (QED) is 0.922. The molecule has 7 heteroatoms. The number of benzene rings is 1. The van der Waals surface area contributed by atoms with E-state index in [1.165, 1.54) is 12.1 Å². The van der Waals surface area contributed by atoms with E-state index in [1.54, 1.807) is 6.07 Å². The van der Waals surface area contributed by atoms with E-state index in [0.29, 0.717) is 11.6 Å². The molecule has 0 radical (unpaired) electrons. The lowest BCUT2D eigenvalue weighted by atomic mass is 10.2. The van der Waals surface area contributed by atoms with Gasteiger partial charge in [-0.05, 0) is 38.0 Å². The van der Waals surface area contributed by atoms with Crippen LogP contribution in [0.25, 0.3) is 0 Å². The molecule has 0 aliphatic carbocycles. The maximum atomic E-state index is 11.5. The number of ether oxygens (including phenoxy) is 2. The molecule has 0 saturated carbocycles. The molecule has 1 fully saturated rings. The Morgan fingerprint density at radius 1 is 1.47 bits per heavy atom. The Labute approximate surface area is 117 Å². The predicted molar refractivity (Wildman–Crippen MR) is 71.9 cm³/mol. The van der Waals surface area contributed by atoms with Crippen LogP contribution in [0.3, 0.4) is 0 Å². The van der Waals surface area contributed by atoms with E-state index >= 15 is 0 Å². The minimum absolute atomic E-state index is 0.0148. The van der Waals surface area contributed by atoms with Gasteiger partial charge in [0.2, 0.25) is 10.0 Å². The molecule has 106 valence electrons. The fourth-order valence-electron chi connectivity index (χ4n) is 2.01. The maximum absolute atomic E-state index is 11.5. The lowest BCUT2D eigenvalue weighted by molar-refractivity contribution is 0.0258. The largest absolute Gasteiger partial charge is 0.489 e. The van der Waals surface area contributed by atoms with Crippen molar-refractivity contribution in [2.45, 2.75) is 36.9 Å². The van der Waals surface area contributed by atoms with Crippen molar-refractivity contribution in [3.63, 3.8) is 0 Å². The van der Waals surface area contributed by atoms with Crippen molar-refractivity contribution in [2.75, 3.05) is 6.61 Å². The van der Waals surface area contributed by atoms with E-state index in [4.69, 9.17) is 26.2 Å². The van der Waals surface area contributed by atoms with Gasteiger partial charge in [0.25, 0.3) is 0 Å². The highest BCUT2D eigenvalue weighted by Gasteiger charge is 2.23. The molecule has 1 saturated heterocycles. The van der Waals surface area contributed by atoms with Crippen LogP contribution < -0.4 is 9.88 Å². The van der Waals surface area contributed by atoms with Crippen LogP contribution in [0.2, 0.25) is 5.02 Å². The Balaban J connectivity index is 2.12. The van der Waals surface area contributed by atoms with Gasteiger partial charge >= 0.3 is 0 Å². The molecule has 0 amide bonds. The van der Waals surface area contributed by atoms with Gasteiger partial charge in [0.05, 0.1) is 12.2 Å². The number of hydrogen-bond acceptors (Lipinski definition) is 4. The Morgan fingerprint density at radius 3 is 2.79 bits per heavy atom. The molecule has 2 N–H and O–H groups in total. The summed E-state index contributed by atoms with van der Waals surface area (Å²) in [5.74, 6) is 0.204. The normalized spacial score (nSPS) is 23.5. The number of nitrogens with two attached hydrogens (primary N) is 1. The number of rotatable bonds is 4. The maximum Gasteiger partial charge on any atom is 0.241 e. The van der Waals surface area contributed by atoms with E-state index in [0.717, 1.165) is 12.8 Å². The molecular formula is C12H16ClNO4S. The van der Waals surface area contributed by atoms with Crippen molar-refractivity contribution in [3.8, 4) is 5.75 Å². The molecule has 1 heterocycles. The van der Waals surface area contributed by atoms with Gasteiger partial charge in [-0.3, -0.25) is 0 Å². The van der Waals surface area contributed by atoms with Gasteiger partial charge < -0.3 is 9.47 Å². The fraction of sp³-hybridized carbons (Fsp3) is 0.500. The van der Waals surface area contributed by atoms with Crippen molar-refractivity contribution in [3.05, 3.63) is 23.2 Å². The van der Waals surface area contributed by atoms with E-state index in [2.05, 4.69) is 0 Å². The zero-order valence-electron chi connectivity index (χ0n) is 10.5. The Bertz CT molecular complexity index is 561. The number of halogens is 1. The highest BCUT2D eigenvalue weighted by Crippen LogP contribution is 2.27. The predicted octanol–water partition coefficient (Wildman–Crippen LogP) is 1.93. The van der Waals surface area contributed by atoms with Crippen LogP contribution in [0.15, 0.2) is 23.1 Å². The molecule has 0 bridgehead atoms. The van der Waals surface area contributed by atoms with E-state index in [1.807, 2.05) is 6.92 Å². The highest BCUT2D eigenvalue weighted by molar-refractivity contribution is 7.89. The van der Waals surface area contributed by atoms with Crippen LogP contribution in [-0.2, 0) is 14.8 Å². The van der Waals surface area contributed by atoms with Gasteiger partial charge in [-0.1, -0.05) is 11.6 Å². The zero-order valence-corrected chi connectivity index (χ0v) is 12.1. The SMILES string of the molecule is CC1CCC(COc2ccc(Cl)cc2S(N)(=O)=O)O1. The third-order valence-electron chi connectivity index (χ3n) is 2.96. The Morgan fingerprint density at radius 2 is 2.21 bits per heavy atom. The molecule has 2 unspecified atom stereocenters. The van der Waals surface area contributed by atoms with Crippen molar-refractivity contribution in [1.82, 2.24) is 0 Å². The minimum Gasteiger partial charge on any atom is -0.489 e.